The highest BCUT2D eigenvalue weighted by Crippen LogP contribution is 2.66. The first-order chi connectivity index (χ1) is 10.4. The molecule has 8 heteroatoms. The maximum atomic E-state index is 12.0. The summed E-state index contributed by atoms with van der Waals surface area (Å²) >= 11 is 0. The molecule has 118 valence electrons. The highest BCUT2D eigenvalue weighted by atomic mass is 16.4. The summed E-state index contributed by atoms with van der Waals surface area (Å²) in [5, 5.41) is 28.1. The number of aliphatic carboxylic acids is 1. The standard InChI is InChI=1S/C14H16N2O6/c17-6-14-4-8(14)9(3-10(14)18)16-5-7(1-2-11(19)20)12(21)15-13(16)22/h1-2,5,8-10,17-18H,3-4,6H2,(H,19,20)(H,15,21,22)/t8-,9+,10+,14-/m1/s1. The summed E-state index contributed by atoms with van der Waals surface area (Å²) in [6.45, 7) is -0.140. The third-order valence-corrected chi connectivity index (χ3v) is 4.82. The number of aliphatic hydroxyl groups is 2. The van der Waals surface area contributed by atoms with Gasteiger partial charge in [-0.1, -0.05) is 0 Å². The number of carboxylic acids is 1. The average molecular weight is 308 g/mol. The average Bonchev–Trinajstić information content (AvgIpc) is 3.13. The first-order valence-corrected chi connectivity index (χ1v) is 6.94. The van der Waals surface area contributed by atoms with E-state index in [0.29, 0.717) is 12.8 Å². The zero-order chi connectivity index (χ0) is 16.1. The minimum Gasteiger partial charge on any atom is -0.478 e. The number of aliphatic hydroxyl groups excluding tert-OH is 2. The molecule has 0 aliphatic heterocycles. The van der Waals surface area contributed by atoms with E-state index in [1.807, 2.05) is 0 Å². The summed E-state index contributed by atoms with van der Waals surface area (Å²) in [5.41, 5.74) is -1.76. The van der Waals surface area contributed by atoms with E-state index in [-0.39, 0.29) is 24.1 Å². The van der Waals surface area contributed by atoms with Gasteiger partial charge in [-0.05, 0) is 24.8 Å². The van der Waals surface area contributed by atoms with Crippen LogP contribution in [0.5, 0.6) is 0 Å². The molecule has 4 N–H and O–H groups in total. The van der Waals surface area contributed by atoms with Crippen LogP contribution >= 0.6 is 0 Å². The smallest absolute Gasteiger partial charge is 0.328 e. The summed E-state index contributed by atoms with van der Waals surface area (Å²) < 4.78 is 1.32. The maximum absolute atomic E-state index is 12.0. The van der Waals surface area contributed by atoms with Gasteiger partial charge in [0.15, 0.2) is 0 Å². The van der Waals surface area contributed by atoms with Crippen molar-refractivity contribution in [2.75, 3.05) is 6.61 Å². The molecule has 3 rings (SSSR count). The summed E-state index contributed by atoms with van der Waals surface area (Å²) in [6, 6.07) is -0.316. The summed E-state index contributed by atoms with van der Waals surface area (Å²) in [7, 11) is 0. The van der Waals surface area contributed by atoms with Crippen LogP contribution < -0.4 is 11.2 Å². The Hall–Kier alpha value is -2.19. The molecule has 0 spiro atoms. The topological polar surface area (TPSA) is 133 Å². The Kier molecular flexibility index (Phi) is 3.30. The number of H-pyrrole nitrogens is 1. The number of fused-ring (bicyclic) bond motifs is 1. The molecule has 0 amide bonds. The maximum Gasteiger partial charge on any atom is 0.328 e. The second-order valence-corrected chi connectivity index (χ2v) is 5.94. The van der Waals surface area contributed by atoms with Gasteiger partial charge in [0.25, 0.3) is 5.56 Å². The quantitative estimate of drug-likeness (QED) is 0.524. The van der Waals surface area contributed by atoms with E-state index >= 15 is 0 Å². The minimum atomic E-state index is -1.20. The molecule has 1 aromatic rings. The molecular weight excluding hydrogens is 292 g/mol. The third-order valence-electron chi connectivity index (χ3n) is 4.82. The fraction of sp³-hybridized carbons (Fsp3) is 0.500. The number of carboxylic acid groups (broad SMARTS) is 1. The fourth-order valence-corrected chi connectivity index (χ4v) is 3.50. The Morgan fingerprint density at radius 2 is 2.23 bits per heavy atom. The number of nitrogens with zero attached hydrogens (tertiary/aromatic N) is 1. The summed E-state index contributed by atoms with van der Waals surface area (Å²) in [4.78, 5) is 36.4. The van der Waals surface area contributed by atoms with Gasteiger partial charge in [-0.2, -0.15) is 0 Å². The van der Waals surface area contributed by atoms with Crippen molar-refractivity contribution in [2.45, 2.75) is 25.0 Å². The normalized spacial score (nSPS) is 33.1. The highest BCUT2D eigenvalue weighted by Gasteiger charge is 2.67. The van der Waals surface area contributed by atoms with Gasteiger partial charge in [0, 0.05) is 23.7 Å². The SMILES string of the molecule is O=C(O)C=Cc1cn([C@H]2C[C@H](O)[C@@]3(CO)C[C@H]23)c(=O)[nH]c1=O. The second-order valence-electron chi connectivity index (χ2n) is 5.94. The number of hydrogen-bond acceptors (Lipinski definition) is 5. The first-order valence-electron chi connectivity index (χ1n) is 6.94. The van der Waals surface area contributed by atoms with Crippen molar-refractivity contribution < 1.29 is 20.1 Å². The summed E-state index contributed by atoms with van der Waals surface area (Å²) in [6.07, 6.45) is 3.50. The molecule has 2 aliphatic carbocycles. The van der Waals surface area contributed by atoms with Gasteiger partial charge >= 0.3 is 11.7 Å². The molecule has 2 saturated carbocycles. The molecule has 0 saturated heterocycles. The van der Waals surface area contributed by atoms with E-state index in [1.165, 1.54) is 10.8 Å². The Bertz CT molecular complexity index is 763. The Morgan fingerprint density at radius 3 is 2.77 bits per heavy atom. The van der Waals surface area contributed by atoms with Gasteiger partial charge in [-0.15, -0.1) is 0 Å². The van der Waals surface area contributed by atoms with Gasteiger partial charge in [-0.25, -0.2) is 9.59 Å². The molecule has 8 nitrogen and oxygen atoms in total. The molecule has 0 unspecified atom stereocenters. The monoisotopic (exact) mass is 308 g/mol. The zero-order valence-corrected chi connectivity index (χ0v) is 11.6. The van der Waals surface area contributed by atoms with E-state index in [9.17, 15) is 24.6 Å². The van der Waals surface area contributed by atoms with Crippen molar-refractivity contribution >= 4 is 12.0 Å². The van der Waals surface area contributed by atoms with Crippen molar-refractivity contribution in [3.8, 4) is 0 Å². The van der Waals surface area contributed by atoms with E-state index < -0.39 is 28.7 Å². The number of hydrogen-bond donors (Lipinski definition) is 4. The largest absolute Gasteiger partial charge is 0.478 e. The lowest BCUT2D eigenvalue weighted by Gasteiger charge is -2.17. The number of carbonyl (C=O) groups is 1. The second kappa shape index (κ2) is 4.92. The molecule has 0 radical (unpaired) electrons. The van der Waals surface area contributed by atoms with Crippen LogP contribution in [0, 0.1) is 11.3 Å². The lowest BCUT2D eigenvalue weighted by molar-refractivity contribution is -0.131. The van der Waals surface area contributed by atoms with E-state index in [0.717, 1.165) is 12.2 Å². The van der Waals surface area contributed by atoms with Gasteiger partial charge < -0.3 is 15.3 Å². The zero-order valence-electron chi connectivity index (χ0n) is 11.6. The molecule has 4 atom stereocenters. The van der Waals surface area contributed by atoms with Crippen LogP contribution in [-0.4, -0.2) is 43.6 Å². The third kappa shape index (κ3) is 2.11. The van der Waals surface area contributed by atoms with Gasteiger partial charge in [0.2, 0.25) is 0 Å². The predicted molar refractivity (Wildman–Crippen MR) is 75.3 cm³/mol. The molecule has 1 aromatic heterocycles. The lowest BCUT2D eigenvalue weighted by atomic mass is 10.0. The van der Waals surface area contributed by atoms with Gasteiger partial charge in [-0.3, -0.25) is 14.3 Å². The Morgan fingerprint density at radius 1 is 1.50 bits per heavy atom. The molecule has 0 aromatic carbocycles. The number of aromatic nitrogens is 2. The van der Waals surface area contributed by atoms with Crippen molar-refractivity contribution in [3.05, 3.63) is 38.7 Å². The van der Waals surface area contributed by atoms with Crippen LogP contribution in [0.2, 0.25) is 0 Å². The van der Waals surface area contributed by atoms with Crippen molar-refractivity contribution in [2.24, 2.45) is 11.3 Å². The molecule has 2 fully saturated rings. The van der Waals surface area contributed by atoms with Crippen LogP contribution in [-0.2, 0) is 4.79 Å². The van der Waals surface area contributed by atoms with Gasteiger partial charge in [0.05, 0.1) is 18.3 Å². The minimum absolute atomic E-state index is 0.0209. The fourth-order valence-electron chi connectivity index (χ4n) is 3.50. The number of aromatic amines is 1. The summed E-state index contributed by atoms with van der Waals surface area (Å²) in [5.74, 6) is -1.22. The highest BCUT2D eigenvalue weighted by molar-refractivity contribution is 5.85. The Balaban J connectivity index is 1.99. The molecule has 1 heterocycles. The van der Waals surface area contributed by atoms with E-state index in [4.69, 9.17) is 5.11 Å². The molecule has 2 aliphatic rings. The van der Waals surface area contributed by atoms with Crippen molar-refractivity contribution in [1.29, 1.82) is 0 Å². The van der Waals surface area contributed by atoms with Gasteiger partial charge in [0.1, 0.15) is 0 Å². The Labute approximate surface area is 124 Å². The van der Waals surface area contributed by atoms with Crippen LogP contribution in [0.1, 0.15) is 24.4 Å². The molecule has 0 bridgehead atoms. The van der Waals surface area contributed by atoms with E-state index in [1.54, 1.807) is 0 Å². The predicted octanol–water partition coefficient (Wildman–Crippen LogP) is -1.06. The van der Waals surface area contributed by atoms with Crippen LogP contribution in [0.4, 0.5) is 0 Å². The lowest BCUT2D eigenvalue weighted by Crippen LogP contribution is -2.33. The van der Waals surface area contributed by atoms with Crippen molar-refractivity contribution in [1.82, 2.24) is 9.55 Å². The molecular formula is C14H16N2O6. The van der Waals surface area contributed by atoms with Crippen molar-refractivity contribution in [3.63, 3.8) is 0 Å². The van der Waals surface area contributed by atoms with E-state index in [2.05, 4.69) is 4.98 Å². The van der Waals surface area contributed by atoms with Crippen LogP contribution in [0.3, 0.4) is 0 Å². The number of rotatable bonds is 4. The van der Waals surface area contributed by atoms with Crippen LogP contribution in [0.15, 0.2) is 21.9 Å². The first kappa shape index (κ1) is 14.7. The number of nitrogens with one attached hydrogen (secondary N) is 1. The van der Waals surface area contributed by atoms with Crippen LogP contribution in [0.25, 0.3) is 6.08 Å². The molecule has 22 heavy (non-hydrogen) atoms.